The third kappa shape index (κ3) is 3.53. The average molecular weight is 369 g/mol. The molecule has 27 heavy (non-hydrogen) atoms. The first-order chi connectivity index (χ1) is 12.9. The van der Waals surface area contributed by atoms with Crippen LogP contribution in [-0.4, -0.2) is 29.3 Å². The van der Waals surface area contributed by atoms with Gasteiger partial charge in [-0.1, -0.05) is 31.2 Å². The maximum atomic E-state index is 13.2. The van der Waals surface area contributed by atoms with Gasteiger partial charge in [0.15, 0.2) is 0 Å². The number of halogens is 1. The van der Waals surface area contributed by atoms with Gasteiger partial charge >= 0.3 is 6.03 Å². The van der Waals surface area contributed by atoms with E-state index in [2.05, 4.69) is 10.6 Å². The second kappa shape index (κ2) is 7.19. The summed E-state index contributed by atoms with van der Waals surface area (Å²) < 4.78 is 13.2. The summed E-state index contributed by atoms with van der Waals surface area (Å²) in [4.78, 5) is 38.6. The molecule has 1 fully saturated rings. The number of imide groups is 1. The monoisotopic (exact) mass is 369 g/mol. The molecule has 1 heterocycles. The maximum Gasteiger partial charge on any atom is 0.325 e. The summed E-state index contributed by atoms with van der Waals surface area (Å²) in [7, 11) is 0. The predicted molar refractivity (Wildman–Crippen MR) is 98.4 cm³/mol. The van der Waals surface area contributed by atoms with Gasteiger partial charge in [0.25, 0.3) is 5.91 Å². The van der Waals surface area contributed by atoms with E-state index in [0.29, 0.717) is 11.3 Å². The lowest BCUT2D eigenvalue weighted by Crippen LogP contribution is -2.44. The molecular weight excluding hydrogens is 349 g/mol. The lowest BCUT2D eigenvalue weighted by atomic mass is 9.87. The van der Waals surface area contributed by atoms with E-state index in [-0.39, 0.29) is 6.42 Å². The highest BCUT2D eigenvalue weighted by atomic mass is 19.1. The number of carbonyl (C=O) groups is 3. The highest BCUT2D eigenvalue weighted by Gasteiger charge is 2.51. The van der Waals surface area contributed by atoms with Crippen molar-refractivity contribution in [1.29, 1.82) is 0 Å². The van der Waals surface area contributed by atoms with Crippen molar-refractivity contribution in [1.82, 2.24) is 10.2 Å². The van der Waals surface area contributed by atoms with Crippen molar-refractivity contribution in [3.05, 3.63) is 65.5 Å². The number of hydrogen-bond donors (Lipinski definition) is 2. The first-order valence-electron chi connectivity index (χ1n) is 8.62. The summed E-state index contributed by atoms with van der Waals surface area (Å²) in [5.41, 5.74) is 0.747. The number of hydrogen-bond acceptors (Lipinski definition) is 3. The lowest BCUT2D eigenvalue weighted by Gasteiger charge is -2.25. The summed E-state index contributed by atoms with van der Waals surface area (Å²) in [6, 6.07) is 12.0. The quantitative estimate of drug-likeness (QED) is 0.796. The first kappa shape index (κ1) is 18.6. The van der Waals surface area contributed by atoms with Crippen LogP contribution in [0.5, 0.6) is 0 Å². The van der Waals surface area contributed by atoms with Crippen LogP contribution >= 0.6 is 0 Å². The van der Waals surface area contributed by atoms with Gasteiger partial charge in [-0.2, -0.15) is 0 Å². The van der Waals surface area contributed by atoms with Gasteiger partial charge in [-0.15, -0.1) is 0 Å². The van der Waals surface area contributed by atoms with E-state index in [1.165, 1.54) is 24.3 Å². The molecule has 4 amide bonds. The number of amides is 4. The molecule has 0 radical (unpaired) electrons. The Kier molecular flexibility index (Phi) is 4.94. The van der Waals surface area contributed by atoms with Crippen molar-refractivity contribution in [3.63, 3.8) is 0 Å². The van der Waals surface area contributed by atoms with Crippen molar-refractivity contribution in [2.45, 2.75) is 25.8 Å². The van der Waals surface area contributed by atoms with Gasteiger partial charge < -0.3 is 10.6 Å². The average Bonchev–Trinajstić information content (AvgIpc) is 2.87. The molecule has 1 aliphatic rings. The van der Waals surface area contributed by atoms with Crippen LogP contribution in [0.15, 0.2) is 48.5 Å². The minimum atomic E-state index is -1.30. The van der Waals surface area contributed by atoms with Crippen LogP contribution in [0.4, 0.5) is 14.9 Å². The van der Waals surface area contributed by atoms with E-state index in [0.717, 1.165) is 10.5 Å². The molecule has 2 aromatic carbocycles. The van der Waals surface area contributed by atoms with E-state index in [4.69, 9.17) is 0 Å². The first-order valence-corrected chi connectivity index (χ1v) is 8.62. The van der Waals surface area contributed by atoms with Gasteiger partial charge in [-0.05, 0) is 48.7 Å². The van der Waals surface area contributed by atoms with Crippen molar-refractivity contribution >= 4 is 23.5 Å². The SMILES string of the molecule is CC[C@@]1(c2ccc(F)cc2)NC(=O)N(CC(=O)Nc2cccc(C)c2)C1=O. The predicted octanol–water partition coefficient (Wildman–Crippen LogP) is 2.93. The highest BCUT2D eigenvalue weighted by Crippen LogP contribution is 2.32. The number of carbonyl (C=O) groups excluding carboxylic acids is 3. The fourth-order valence-electron chi connectivity index (χ4n) is 3.21. The van der Waals surface area contributed by atoms with Crippen LogP contribution in [0.2, 0.25) is 0 Å². The Balaban J connectivity index is 1.78. The molecule has 3 rings (SSSR count). The Morgan fingerprint density at radius 1 is 1.19 bits per heavy atom. The summed E-state index contributed by atoms with van der Waals surface area (Å²) >= 11 is 0. The Bertz CT molecular complexity index is 898. The molecule has 0 aromatic heterocycles. The Labute approximate surface area is 156 Å². The molecule has 1 atom stereocenters. The van der Waals surface area contributed by atoms with Gasteiger partial charge in [0.2, 0.25) is 5.91 Å². The number of anilines is 1. The summed E-state index contributed by atoms with van der Waals surface area (Å²) in [5, 5.41) is 5.35. The molecule has 7 heteroatoms. The molecule has 2 aromatic rings. The van der Waals surface area contributed by atoms with Crippen LogP contribution in [0, 0.1) is 12.7 Å². The van der Waals surface area contributed by atoms with Crippen LogP contribution < -0.4 is 10.6 Å². The van der Waals surface area contributed by atoms with Gasteiger partial charge in [0.05, 0.1) is 0 Å². The van der Waals surface area contributed by atoms with Crippen molar-refractivity contribution in [2.24, 2.45) is 0 Å². The van der Waals surface area contributed by atoms with E-state index in [1.807, 2.05) is 13.0 Å². The van der Waals surface area contributed by atoms with Crippen LogP contribution in [0.1, 0.15) is 24.5 Å². The molecule has 1 saturated heterocycles. The van der Waals surface area contributed by atoms with Crippen LogP contribution in [0.25, 0.3) is 0 Å². The molecule has 2 N–H and O–H groups in total. The number of aryl methyl sites for hydroxylation is 1. The topological polar surface area (TPSA) is 78.5 Å². The van der Waals surface area contributed by atoms with Crippen molar-refractivity contribution in [2.75, 3.05) is 11.9 Å². The van der Waals surface area contributed by atoms with Gasteiger partial charge in [0, 0.05) is 5.69 Å². The third-order valence-corrected chi connectivity index (χ3v) is 4.65. The van der Waals surface area contributed by atoms with E-state index < -0.39 is 35.7 Å². The smallest absolute Gasteiger partial charge is 0.325 e. The minimum absolute atomic E-state index is 0.277. The zero-order chi connectivity index (χ0) is 19.6. The lowest BCUT2D eigenvalue weighted by molar-refractivity contribution is -0.134. The van der Waals surface area contributed by atoms with Gasteiger partial charge in [-0.3, -0.25) is 14.5 Å². The fourth-order valence-corrected chi connectivity index (χ4v) is 3.21. The molecule has 0 bridgehead atoms. The normalized spacial score (nSPS) is 19.1. The summed E-state index contributed by atoms with van der Waals surface area (Å²) in [6.07, 6.45) is 0.277. The molecule has 0 spiro atoms. The minimum Gasteiger partial charge on any atom is -0.325 e. The molecule has 6 nitrogen and oxygen atoms in total. The maximum absolute atomic E-state index is 13.2. The second-order valence-corrected chi connectivity index (χ2v) is 6.50. The Hall–Kier alpha value is -3.22. The van der Waals surface area contributed by atoms with Crippen LogP contribution in [-0.2, 0) is 15.1 Å². The molecule has 0 unspecified atom stereocenters. The number of nitrogens with zero attached hydrogens (tertiary/aromatic N) is 1. The van der Waals surface area contributed by atoms with Gasteiger partial charge in [-0.25, -0.2) is 9.18 Å². The molecule has 0 saturated carbocycles. The zero-order valence-corrected chi connectivity index (χ0v) is 15.1. The Morgan fingerprint density at radius 2 is 1.89 bits per heavy atom. The summed E-state index contributed by atoms with van der Waals surface area (Å²) in [6.45, 7) is 3.24. The Morgan fingerprint density at radius 3 is 2.52 bits per heavy atom. The van der Waals surface area contributed by atoms with Crippen molar-refractivity contribution < 1.29 is 18.8 Å². The zero-order valence-electron chi connectivity index (χ0n) is 15.1. The largest absolute Gasteiger partial charge is 0.325 e. The standard InChI is InChI=1S/C20H20FN3O3/c1-3-20(14-7-9-15(21)10-8-14)18(26)24(19(27)23-20)12-17(25)22-16-6-4-5-13(2)11-16/h4-11H,3,12H2,1-2H3,(H,22,25)(H,23,27)/t20-/m0/s1. The second-order valence-electron chi connectivity index (χ2n) is 6.50. The number of urea groups is 1. The fraction of sp³-hybridized carbons (Fsp3) is 0.250. The van der Waals surface area contributed by atoms with E-state index in [1.54, 1.807) is 25.1 Å². The third-order valence-electron chi connectivity index (χ3n) is 4.65. The highest BCUT2D eigenvalue weighted by molar-refractivity contribution is 6.10. The molecular formula is C20H20FN3O3. The van der Waals surface area contributed by atoms with Crippen LogP contribution in [0.3, 0.4) is 0 Å². The molecule has 0 aliphatic carbocycles. The molecule has 1 aliphatic heterocycles. The van der Waals surface area contributed by atoms with E-state index in [9.17, 15) is 18.8 Å². The number of rotatable bonds is 5. The number of benzene rings is 2. The molecule has 140 valence electrons. The number of nitrogens with one attached hydrogen (secondary N) is 2. The van der Waals surface area contributed by atoms with Gasteiger partial charge in [0.1, 0.15) is 17.9 Å². The van der Waals surface area contributed by atoms with Crippen molar-refractivity contribution in [3.8, 4) is 0 Å². The van der Waals surface area contributed by atoms with E-state index >= 15 is 0 Å². The summed E-state index contributed by atoms with van der Waals surface area (Å²) in [5.74, 6) is -1.44.